The van der Waals surface area contributed by atoms with Crippen molar-refractivity contribution in [1.29, 1.82) is 0 Å². The Hall–Kier alpha value is -3.16. The molecular formula is C23H22F3N3O2. The van der Waals surface area contributed by atoms with E-state index in [4.69, 9.17) is 4.74 Å². The lowest BCUT2D eigenvalue weighted by Gasteiger charge is -2.33. The summed E-state index contributed by atoms with van der Waals surface area (Å²) in [5.41, 5.74) is 1.66. The lowest BCUT2D eigenvalue weighted by Crippen LogP contribution is -2.35. The smallest absolute Gasteiger partial charge is 0.451 e. The molecule has 0 amide bonds. The second-order valence-corrected chi connectivity index (χ2v) is 7.71. The van der Waals surface area contributed by atoms with Crippen LogP contribution in [0.15, 0.2) is 48.5 Å². The molecule has 0 unspecified atom stereocenters. The number of nitrogens with zero attached hydrogens (tertiary/aromatic N) is 3. The highest BCUT2D eigenvalue weighted by molar-refractivity contribution is 5.98. The molecule has 1 saturated heterocycles. The Morgan fingerprint density at radius 2 is 1.81 bits per heavy atom. The maximum Gasteiger partial charge on any atom is 0.451 e. The fourth-order valence-electron chi connectivity index (χ4n) is 4.02. The Labute approximate surface area is 177 Å². The number of carbonyl (C=O) groups is 1. The number of halogens is 3. The minimum Gasteiger partial charge on any atom is -0.465 e. The maximum absolute atomic E-state index is 13.4. The molecule has 0 aliphatic carbocycles. The number of fused-ring (bicyclic) bond motifs is 1. The van der Waals surface area contributed by atoms with E-state index in [0.29, 0.717) is 24.4 Å². The van der Waals surface area contributed by atoms with E-state index in [-0.39, 0.29) is 16.9 Å². The van der Waals surface area contributed by atoms with Gasteiger partial charge in [-0.2, -0.15) is 13.2 Å². The normalized spacial score (nSPS) is 15.3. The van der Waals surface area contributed by atoms with Crippen LogP contribution >= 0.6 is 0 Å². The maximum atomic E-state index is 13.4. The number of hydrogen-bond acceptors (Lipinski definition) is 5. The first-order valence-corrected chi connectivity index (χ1v) is 10.1. The first kappa shape index (κ1) is 21.1. The summed E-state index contributed by atoms with van der Waals surface area (Å²) in [6.45, 7) is 1.17. The SMILES string of the molecule is COC(=O)c1ccc2nc(C(F)(F)F)nc(N3CCC(Cc4ccccc4)CC3)c2c1. The number of alkyl halides is 3. The van der Waals surface area contributed by atoms with Crippen LogP contribution in [0.1, 0.15) is 34.6 Å². The van der Waals surface area contributed by atoms with Crippen LogP contribution < -0.4 is 4.90 Å². The van der Waals surface area contributed by atoms with Crippen molar-refractivity contribution in [3.8, 4) is 0 Å². The van der Waals surface area contributed by atoms with Gasteiger partial charge in [0.15, 0.2) is 0 Å². The minimum atomic E-state index is -4.66. The summed E-state index contributed by atoms with van der Waals surface area (Å²) >= 11 is 0. The van der Waals surface area contributed by atoms with Gasteiger partial charge in [0.05, 0.1) is 18.2 Å². The van der Waals surface area contributed by atoms with Crippen LogP contribution in [-0.2, 0) is 17.3 Å². The summed E-state index contributed by atoms with van der Waals surface area (Å²) < 4.78 is 45.0. The van der Waals surface area contributed by atoms with Crippen molar-refractivity contribution in [2.24, 2.45) is 5.92 Å². The van der Waals surface area contributed by atoms with E-state index in [1.54, 1.807) is 0 Å². The number of hydrogen-bond donors (Lipinski definition) is 0. The van der Waals surface area contributed by atoms with Crippen molar-refractivity contribution in [2.45, 2.75) is 25.4 Å². The molecule has 2 aromatic carbocycles. The molecule has 0 bridgehead atoms. The van der Waals surface area contributed by atoms with E-state index in [9.17, 15) is 18.0 Å². The molecule has 0 saturated carbocycles. The topological polar surface area (TPSA) is 55.3 Å². The van der Waals surface area contributed by atoms with Crippen molar-refractivity contribution in [1.82, 2.24) is 9.97 Å². The Kier molecular flexibility index (Phi) is 5.80. The number of rotatable bonds is 4. The van der Waals surface area contributed by atoms with Crippen LogP contribution in [0.5, 0.6) is 0 Å². The highest BCUT2D eigenvalue weighted by Crippen LogP contribution is 2.34. The fraction of sp³-hybridized carbons (Fsp3) is 0.348. The third-order valence-electron chi connectivity index (χ3n) is 5.63. The van der Waals surface area contributed by atoms with Gasteiger partial charge in [0, 0.05) is 18.5 Å². The Bertz CT molecular complexity index is 1080. The molecule has 5 nitrogen and oxygen atoms in total. The van der Waals surface area contributed by atoms with E-state index in [2.05, 4.69) is 22.1 Å². The molecule has 0 atom stereocenters. The lowest BCUT2D eigenvalue weighted by molar-refractivity contribution is -0.144. The second kappa shape index (κ2) is 8.53. The number of piperidine rings is 1. The van der Waals surface area contributed by atoms with E-state index in [1.807, 2.05) is 23.1 Å². The molecule has 0 radical (unpaired) electrons. The van der Waals surface area contributed by atoms with Gasteiger partial charge in [-0.1, -0.05) is 30.3 Å². The van der Waals surface area contributed by atoms with E-state index in [0.717, 1.165) is 19.3 Å². The number of methoxy groups -OCH3 is 1. The monoisotopic (exact) mass is 429 g/mol. The predicted octanol–water partition coefficient (Wildman–Crippen LogP) is 4.89. The third kappa shape index (κ3) is 4.62. The van der Waals surface area contributed by atoms with Gasteiger partial charge in [-0.25, -0.2) is 14.8 Å². The van der Waals surface area contributed by atoms with Gasteiger partial charge < -0.3 is 9.64 Å². The summed E-state index contributed by atoms with van der Waals surface area (Å²) in [5.74, 6) is -1.07. The van der Waals surface area contributed by atoms with Crippen LogP contribution in [0.3, 0.4) is 0 Å². The highest BCUT2D eigenvalue weighted by atomic mass is 19.4. The predicted molar refractivity (Wildman–Crippen MR) is 111 cm³/mol. The molecule has 3 aromatic rings. The number of aromatic nitrogens is 2. The zero-order valence-electron chi connectivity index (χ0n) is 17.0. The van der Waals surface area contributed by atoms with Gasteiger partial charge in [-0.3, -0.25) is 0 Å². The van der Waals surface area contributed by atoms with Gasteiger partial charge in [0.1, 0.15) is 5.82 Å². The molecule has 1 aliphatic rings. The van der Waals surface area contributed by atoms with Gasteiger partial charge in [-0.05, 0) is 48.9 Å². The van der Waals surface area contributed by atoms with Crippen molar-refractivity contribution >= 4 is 22.7 Å². The quantitative estimate of drug-likeness (QED) is 0.553. The molecule has 1 aromatic heterocycles. The van der Waals surface area contributed by atoms with Crippen molar-refractivity contribution in [2.75, 3.05) is 25.1 Å². The number of anilines is 1. The Morgan fingerprint density at radius 1 is 1.10 bits per heavy atom. The van der Waals surface area contributed by atoms with Gasteiger partial charge in [-0.15, -0.1) is 0 Å². The summed E-state index contributed by atoms with van der Waals surface area (Å²) in [4.78, 5) is 21.3. The number of esters is 1. The third-order valence-corrected chi connectivity index (χ3v) is 5.63. The summed E-state index contributed by atoms with van der Waals surface area (Å²) in [5, 5.41) is 0.414. The van der Waals surface area contributed by atoms with Gasteiger partial charge in [0.25, 0.3) is 0 Å². The number of ether oxygens (including phenoxy) is 1. The Morgan fingerprint density at radius 3 is 2.45 bits per heavy atom. The highest BCUT2D eigenvalue weighted by Gasteiger charge is 2.36. The summed E-state index contributed by atoms with van der Waals surface area (Å²) in [6.07, 6.45) is -2.02. The van der Waals surface area contributed by atoms with Crippen molar-refractivity contribution < 1.29 is 22.7 Å². The largest absolute Gasteiger partial charge is 0.465 e. The number of carbonyl (C=O) groups excluding carboxylic acids is 1. The van der Waals surface area contributed by atoms with Gasteiger partial charge in [0.2, 0.25) is 5.82 Å². The van der Waals surface area contributed by atoms with Crippen molar-refractivity contribution in [3.05, 3.63) is 65.5 Å². The summed E-state index contributed by atoms with van der Waals surface area (Å²) in [6, 6.07) is 14.5. The van der Waals surface area contributed by atoms with Crippen LogP contribution in [0.25, 0.3) is 10.9 Å². The van der Waals surface area contributed by atoms with E-state index < -0.39 is 18.0 Å². The zero-order chi connectivity index (χ0) is 22.0. The van der Waals surface area contributed by atoms with Crippen LogP contribution in [-0.4, -0.2) is 36.1 Å². The molecule has 1 aliphatic heterocycles. The van der Waals surface area contributed by atoms with Crippen LogP contribution in [0, 0.1) is 5.92 Å². The first-order chi connectivity index (χ1) is 14.8. The lowest BCUT2D eigenvalue weighted by atomic mass is 9.90. The molecule has 8 heteroatoms. The fourth-order valence-corrected chi connectivity index (χ4v) is 4.02. The van der Waals surface area contributed by atoms with Crippen LogP contribution in [0.4, 0.5) is 19.0 Å². The van der Waals surface area contributed by atoms with Crippen molar-refractivity contribution in [3.63, 3.8) is 0 Å². The molecule has 0 N–H and O–H groups in total. The minimum absolute atomic E-state index is 0.149. The van der Waals surface area contributed by atoms with Gasteiger partial charge >= 0.3 is 12.1 Å². The molecule has 0 spiro atoms. The number of benzene rings is 2. The Balaban J connectivity index is 1.64. The molecule has 162 valence electrons. The molecule has 4 rings (SSSR count). The molecule has 2 heterocycles. The average Bonchev–Trinajstić information content (AvgIpc) is 2.78. The standard InChI is InChI=1S/C23H22F3N3O2/c1-31-21(30)17-7-8-19-18(14-17)20(28-22(27-19)23(24,25)26)29-11-9-16(10-12-29)13-15-5-3-2-4-6-15/h2-8,14,16H,9-13H2,1H3. The molecule has 1 fully saturated rings. The average molecular weight is 429 g/mol. The van der Waals surface area contributed by atoms with E-state index in [1.165, 1.54) is 30.9 Å². The van der Waals surface area contributed by atoms with E-state index >= 15 is 0 Å². The summed E-state index contributed by atoms with van der Waals surface area (Å²) in [7, 11) is 1.26. The molecular weight excluding hydrogens is 407 g/mol. The van der Waals surface area contributed by atoms with Crippen LogP contribution in [0.2, 0.25) is 0 Å². The first-order valence-electron chi connectivity index (χ1n) is 10.1. The molecule has 31 heavy (non-hydrogen) atoms. The second-order valence-electron chi connectivity index (χ2n) is 7.71. The zero-order valence-corrected chi connectivity index (χ0v) is 17.0.